The maximum Gasteiger partial charge on any atom is 0.255 e. The van der Waals surface area contributed by atoms with Gasteiger partial charge in [-0.1, -0.05) is 6.07 Å². The maximum atomic E-state index is 13.4. The van der Waals surface area contributed by atoms with Gasteiger partial charge in [-0.05, 0) is 60.7 Å². The average molecular weight is 431 g/mol. The number of nitrogens with zero attached hydrogens (tertiary/aromatic N) is 3. The lowest BCUT2D eigenvalue weighted by atomic mass is 10.1. The van der Waals surface area contributed by atoms with Crippen LogP contribution >= 0.6 is 0 Å². The highest BCUT2D eigenvalue weighted by Gasteiger charge is 2.13. The molecule has 0 aliphatic rings. The Labute approximate surface area is 182 Å². The van der Waals surface area contributed by atoms with Crippen LogP contribution in [0.4, 0.5) is 15.8 Å². The first kappa shape index (κ1) is 20.7. The van der Waals surface area contributed by atoms with Crippen molar-refractivity contribution < 1.29 is 18.7 Å². The standard InChI is InChI=1S/C23H18FN5O3/c1-32-21-10-7-18(12-20(21)28-23(31)16-3-2-4-17(24)11-16)27-22(30)15-5-8-19(9-6-15)29-14-25-13-26-29/h2-14H,1H3,(H,27,30)(H,28,31). The minimum atomic E-state index is -0.513. The van der Waals surface area contributed by atoms with E-state index in [1.807, 2.05) is 0 Å². The molecule has 0 aliphatic heterocycles. The third kappa shape index (κ3) is 4.62. The second kappa shape index (κ2) is 9.09. The zero-order chi connectivity index (χ0) is 22.5. The number of hydrogen-bond acceptors (Lipinski definition) is 5. The molecule has 0 unspecified atom stereocenters. The topological polar surface area (TPSA) is 98.1 Å². The zero-order valence-electron chi connectivity index (χ0n) is 16.9. The number of nitrogens with one attached hydrogen (secondary N) is 2. The second-order valence-electron chi connectivity index (χ2n) is 6.72. The van der Waals surface area contributed by atoms with E-state index < -0.39 is 11.7 Å². The van der Waals surface area contributed by atoms with Crippen molar-refractivity contribution in [3.8, 4) is 11.4 Å². The van der Waals surface area contributed by atoms with Crippen LogP contribution in [-0.4, -0.2) is 33.7 Å². The average Bonchev–Trinajstić information content (AvgIpc) is 3.34. The summed E-state index contributed by atoms with van der Waals surface area (Å²) in [6.07, 6.45) is 2.99. The quantitative estimate of drug-likeness (QED) is 0.482. The molecule has 2 N–H and O–H groups in total. The Morgan fingerprint density at radius 1 is 0.938 bits per heavy atom. The number of amides is 2. The summed E-state index contributed by atoms with van der Waals surface area (Å²) in [4.78, 5) is 29.0. The molecule has 3 aromatic carbocycles. The van der Waals surface area contributed by atoms with E-state index in [1.165, 1.54) is 31.6 Å². The Balaban J connectivity index is 1.50. The highest BCUT2D eigenvalue weighted by molar-refractivity contribution is 6.07. The van der Waals surface area contributed by atoms with E-state index in [9.17, 15) is 14.0 Å². The molecule has 4 aromatic rings. The lowest BCUT2D eigenvalue weighted by Gasteiger charge is -2.13. The largest absolute Gasteiger partial charge is 0.495 e. The van der Waals surface area contributed by atoms with Gasteiger partial charge in [0.2, 0.25) is 0 Å². The van der Waals surface area contributed by atoms with Crippen LogP contribution in [0.3, 0.4) is 0 Å². The molecule has 0 atom stereocenters. The van der Waals surface area contributed by atoms with Crippen LogP contribution in [0.1, 0.15) is 20.7 Å². The summed E-state index contributed by atoms with van der Waals surface area (Å²) in [7, 11) is 1.46. The fraction of sp³-hybridized carbons (Fsp3) is 0.0435. The summed E-state index contributed by atoms with van der Waals surface area (Å²) < 4.78 is 20.3. The lowest BCUT2D eigenvalue weighted by molar-refractivity contribution is 0.101. The number of ether oxygens (including phenoxy) is 1. The molecular formula is C23H18FN5O3. The second-order valence-corrected chi connectivity index (χ2v) is 6.72. The predicted octanol–water partition coefficient (Wildman–Crippen LogP) is 3.92. The Bertz CT molecular complexity index is 1260. The highest BCUT2D eigenvalue weighted by atomic mass is 19.1. The van der Waals surface area contributed by atoms with E-state index >= 15 is 0 Å². The smallest absolute Gasteiger partial charge is 0.255 e. The van der Waals surface area contributed by atoms with E-state index in [0.29, 0.717) is 22.7 Å². The lowest BCUT2D eigenvalue weighted by Crippen LogP contribution is -2.15. The van der Waals surface area contributed by atoms with Crippen molar-refractivity contribution in [1.82, 2.24) is 14.8 Å². The van der Waals surface area contributed by atoms with Crippen molar-refractivity contribution in [3.05, 3.63) is 96.3 Å². The van der Waals surface area contributed by atoms with Gasteiger partial charge in [-0.25, -0.2) is 14.1 Å². The summed E-state index contributed by atoms with van der Waals surface area (Å²) in [5.74, 6) is -0.955. The molecule has 0 saturated heterocycles. The number of carbonyl (C=O) groups is 2. The number of methoxy groups -OCH3 is 1. The molecule has 4 rings (SSSR count). The van der Waals surface area contributed by atoms with Gasteiger partial charge in [0.1, 0.15) is 24.2 Å². The summed E-state index contributed by atoms with van der Waals surface area (Å²) in [6, 6.07) is 17.0. The first-order valence-corrected chi connectivity index (χ1v) is 9.55. The number of hydrogen-bond donors (Lipinski definition) is 2. The van der Waals surface area contributed by atoms with Gasteiger partial charge in [0, 0.05) is 16.8 Å². The van der Waals surface area contributed by atoms with Crippen molar-refractivity contribution in [2.45, 2.75) is 0 Å². The first-order valence-electron chi connectivity index (χ1n) is 9.55. The summed E-state index contributed by atoms with van der Waals surface area (Å²) in [5, 5.41) is 9.51. The van der Waals surface area contributed by atoms with Crippen molar-refractivity contribution in [1.29, 1.82) is 0 Å². The van der Waals surface area contributed by atoms with Crippen molar-refractivity contribution in [3.63, 3.8) is 0 Å². The molecule has 0 spiro atoms. The minimum absolute atomic E-state index is 0.161. The van der Waals surface area contributed by atoms with Gasteiger partial charge in [-0.2, -0.15) is 5.10 Å². The third-order valence-electron chi connectivity index (χ3n) is 4.61. The Kier molecular flexibility index (Phi) is 5.89. The Morgan fingerprint density at radius 2 is 1.72 bits per heavy atom. The van der Waals surface area contributed by atoms with Crippen LogP contribution in [0.5, 0.6) is 5.75 Å². The van der Waals surface area contributed by atoms with Crippen molar-refractivity contribution in [2.75, 3.05) is 17.7 Å². The first-order chi connectivity index (χ1) is 15.5. The normalized spacial score (nSPS) is 10.4. The zero-order valence-corrected chi connectivity index (χ0v) is 16.9. The molecule has 0 radical (unpaired) electrons. The highest BCUT2D eigenvalue weighted by Crippen LogP contribution is 2.28. The number of rotatable bonds is 6. The molecule has 0 aliphatic carbocycles. The maximum absolute atomic E-state index is 13.4. The van der Waals surface area contributed by atoms with Crippen LogP contribution in [0, 0.1) is 5.82 Å². The molecule has 2 amide bonds. The predicted molar refractivity (Wildman–Crippen MR) is 117 cm³/mol. The van der Waals surface area contributed by atoms with Crippen molar-refractivity contribution >= 4 is 23.2 Å². The number of aromatic nitrogens is 3. The molecule has 0 saturated carbocycles. The molecule has 0 fully saturated rings. The Hall–Kier alpha value is -4.53. The number of carbonyl (C=O) groups excluding carboxylic acids is 2. The van der Waals surface area contributed by atoms with Crippen LogP contribution in [0.2, 0.25) is 0 Å². The van der Waals surface area contributed by atoms with E-state index in [4.69, 9.17) is 4.74 Å². The fourth-order valence-corrected chi connectivity index (χ4v) is 3.02. The molecule has 1 heterocycles. The van der Waals surface area contributed by atoms with E-state index in [2.05, 4.69) is 20.7 Å². The molecule has 8 nitrogen and oxygen atoms in total. The van der Waals surface area contributed by atoms with Crippen LogP contribution in [-0.2, 0) is 0 Å². The number of anilines is 2. The molecule has 32 heavy (non-hydrogen) atoms. The molecule has 160 valence electrons. The van der Waals surface area contributed by atoms with Gasteiger partial charge in [0.15, 0.2) is 0 Å². The molecule has 0 bridgehead atoms. The van der Waals surface area contributed by atoms with Gasteiger partial charge in [0.05, 0.1) is 18.5 Å². The SMILES string of the molecule is COc1ccc(NC(=O)c2ccc(-n3cncn3)cc2)cc1NC(=O)c1cccc(F)c1. The Morgan fingerprint density at radius 3 is 2.41 bits per heavy atom. The van der Waals surface area contributed by atoms with Crippen molar-refractivity contribution in [2.24, 2.45) is 0 Å². The number of halogens is 1. The van der Waals surface area contributed by atoms with Gasteiger partial charge in [0.25, 0.3) is 11.8 Å². The van der Waals surface area contributed by atoms with Gasteiger partial charge in [-0.3, -0.25) is 9.59 Å². The third-order valence-corrected chi connectivity index (χ3v) is 4.61. The van der Waals surface area contributed by atoms with E-state index in [1.54, 1.807) is 53.5 Å². The summed E-state index contributed by atoms with van der Waals surface area (Å²) in [6.45, 7) is 0. The molecule has 9 heteroatoms. The van der Waals surface area contributed by atoms with Gasteiger partial charge >= 0.3 is 0 Å². The number of benzene rings is 3. The summed E-state index contributed by atoms with van der Waals surface area (Å²) >= 11 is 0. The van der Waals surface area contributed by atoms with Crippen LogP contribution in [0.25, 0.3) is 5.69 Å². The summed E-state index contributed by atoms with van der Waals surface area (Å²) in [5.41, 5.74) is 2.15. The van der Waals surface area contributed by atoms with Gasteiger partial charge in [-0.15, -0.1) is 0 Å². The fourth-order valence-electron chi connectivity index (χ4n) is 3.02. The minimum Gasteiger partial charge on any atom is -0.495 e. The molecular weight excluding hydrogens is 413 g/mol. The van der Waals surface area contributed by atoms with E-state index in [0.717, 1.165) is 11.8 Å². The van der Waals surface area contributed by atoms with E-state index in [-0.39, 0.29) is 11.5 Å². The van der Waals surface area contributed by atoms with Gasteiger partial charge < -0.3 is 15.4 Å². The van der Waals surface area contributed by atoms with Crippen LogP contribution in [0.15, 0.2) is 79.4 Å². The molecule has 1 aromatic heterocycles. The van der Waals surface area contributed by atoms with Crippen LogP contribution < -0.4 is 15.4 Å². The monoisotopic (exact) mass is 431 g/mol.